The summed E-state index contributed by atoms with van der Waals surface area (Å²) in [6.07, 6.45) is 0. The zero-order valence-electron chi connectivity index (χ0n) is 9.10. The number of nitrogens with zero attached hydrogens (tertiary/aromatic N) is 1. The molecule has 2 heterocycles. The first-order valence-corrected chi connectivity index (χ1v) is 6.02. The van der Waals surface area contributed by atoms with E-state index in [4.69, 9.17) is 9.26 Å². The van der Waals surface area contributed by atoms with Crippen molar-refractivity contribution in [3.63, 3.8) is 0 Å². The van der Waals surface area contributed by atoms with E-state index in [2.05, 4.69) is 10.5 Å². The van der Waals surface area contributed by atoms with E-state index >= 15 is 0 Å². The Morgan fingerprint density at radius 1 is 1.56 bits per heavy atom. The molecule has 0 saturated heterocycles. The van der Waals surface area contributed by atoms with E-state index in [-0.39, 0.29) is 0 Å². The van der Waals surface area contributed by atoms with Gasteiger partial charge in [0.15, 0.2) is 5.76 Å². The predicted molar refractivity (Wildman–Crippen MR) is 63.4 cm³/mol. The van der Waals surface area contributed by atoms with Gasteiger partial charge in [0.1, 0.15) is 0 Å². The van der Waals surface area contributed by atoms with Gasteiger partial charge in [0.05, 0.1) is 12.3 Å². The van der Waals surface area contributed by atoms with Crippen molar-refractivity contribution in [1.29, 1.82) is 0 Å². The van der Waals surface area contributed by atoms with Crippen LogP contribution in [0.25, 0.3) is 11.3 Å². The van der Waals surface area contributed by atoms with Crippen molar-refractivity contribution in [3.05, 3.63) is 28.6 Å². The minimum atomic E-state index is 0.704. The molecule has 0 fully saturated rings. The Hall–Kier alpha value is -1.17. The maximum atomic E-state index is 5.25. The number of thiophene rings is 1. The van der Waals surface area contributed by atoms with E-state index in [0.717, 1.165) is 23.6 Å². The summed E-state index contributed by atoms with van der Waals surface area (Å²) >= 11 is 1.65. The van der Waals surface area contributed by atoms with Crippen LogP contribution in [-0.2, 0) is 11.3 Å². The van der Waals surface area contributed by atoms with Crippen LogP contribution in [-0.4, -0.2) is 25.4 Å². The second-order valence-corrected chi connectivity index (χ2v) is 4.14. The van der Waals surface area contributed by atoms with Crippen LogP contribution in [0.3, 0.4) is 0 Å². The van der Waals surface area contributed by atoms with Crippen molar-refractivity contribution in [2.24, 2.45) is 0 Å². The SMILES string of the molecule is COCCNCc1cc(-c2ccsc2)on1. The van der Waals surface area contributed by atoms with Crippen LogP contribution < -0.4 is 5.32 Å². The van der Waals surface area contributed by atoms with Gasteiger partial charge >= 0.3 is 0 Å². The Labute approximate surface area is 98.2 Å². The van der Waals surface area contributed by atoms with Crippen LogP contribution >= 0.6 is 11.3 Å². The average molecular weight is 238 g/mol. The van der Waals surface area contributed by atoms with E-state index in [1.165, 1.54) is 0 Å². The second kappa shape index (κ2) is 5.79. The van der Waals surface area contributed by atoms with Crippen LogP contribution in [0.2, 0.25) is 0 Å². The summed E-state index contributed by atoms with van der Waals surface area (Å²) in [7, 11) is 1.69. The van der Waals surface area contributed by atoms with E-state index in [9.17, 15) is 0 Å². The Morgan fingerprint density at radius 3 is 3.25 bits per heavy atom. The van der Waals surface area contributed by atoms with Crippen molar-refractivity contribution >= 4 is 11.3 Å². The van der Waals surface area contributed by atoms with Gasteiger partial charge in [-0.15, -0.1) is 0 Å². The first-order chi connectivity index (χ1) is 7.90. The van der Waals surface area contributed by atoms with Gasteiger partial charge < -0.3 is 14.6 Å². The fraction of sp³-hybridized carbons (Fsp3) is 0.364. The normalized spacial score (nSPS) is 10.8. The second-order valence-electron chi connectivity index (χ2n) is 3.36. The van der Waals surface area contributed by atoms with Gasteiger partial charge in [0.25, 0.3) is 0 Å². The lowest BCUT2D eigenvalue weighted by atomic mass is 10.2. The van der Waals surface area contributed by atoms with Gasteiger partial charge in [0.2, 0.25) is 0 Å². The molecule has 0 saturated carbocycles. The van der Waals surface area contributed by atoms with Crippen LogP contribution in [0.15, 0.2) is 27.4 Å². The highest BCUT2D eigenvalue weighted by Gasteiger charge is 2.06. The molecule has 2 aromatic rings. The quantitative estimate of drug-likeness (QED) is 0.783. The van der Waals surface area contributed by atoms with Crippen molar-refractivity contribution < 1.29 is 9.26 Å². The number of hydrogen-bond acceptors (Lipinski definition) is 5. The summed E-state index contributed by atoms with van der Waals surface area (Å²) in [5.41, 5.74) is 2.00. The largest absolute Gasteiger partial charge is 0.383 e. The molecule has 0 spiro atoms. The van der Waals surface area contributed by atoms with Gasteiger partial charge in [-0.2, -0.15) is 11.3 Å². The molecule has 0 atom stereocenters. The number of hydrogen-bond donors (Lipinski definition) is 1. The molecule has 0 aromatic carbocycles. The fourth-order valence-electron chi connectivity index (χ4n) is 1.33. The van der Waals surface area contributed by atoms with E-state index in [1.54, 1.807) is 18.4 Å². The maximum absolute atomic E-state index is 5.25. The summed E-state index contributed by atoms with van der Waals surface area (Å²) in [5, 5.41) is 11.3. The number of methoxy groups -OCH3 is 1. The zero-order chi connectivity index (χ0) is 11.2. The summed E-state index contributed by atoms with van der Waals surface area (Å²) < 4.78 is 10.2. The van der Waals surface area contributed by atoms with Gasteiger partial charge in [-0.3, -0.25) is 0 Å². The number of rotatable bonds is 6. The fourth-order valence-corrected chi connectivity index (χ4v) is 1.97. The molecule has 0 radical (unpaired) electrons. The van der Waals surface area contributed by atoms with Crippen molar-refractivity contribution in [1.82, 2.24) is 10.5 Å². The van der Waals surface area contributed by atoms with Crippen LogP contribution in [0.1, 0.15) is 5.69 Å². The molecule has 2 aromatic heterocycles. The molecule has 0 aliphatic carbocycles. The minimum Gasteiger partial charge on any atom is -0.383 e. The molecular formula is C11H14N2O2S. The highest BCUT2D eigenvalue weighted by Crippen LogP contribution is 2.22. The van der Waals surface area contributed by atoms with Crippen LogP contribution in [0.4, 0.5) is 0 Å². The first kappa shape index (κ1) is 11.3. The zero-order valence-corrected chi connectivity index (χ0v) is 9.92. The number of nitrogens with one attached hydrogen (secondary N) is 1. The molecule has 0 unspecified atom stereocenters. The van der Waals surface area contributed by atoms with Crippen molar-refractivity contribution in [2.75, 3.05) is 20.3 Å². The molecule has 16 heavy (non-hydrogen) atoms. The molecule has 0 amide bonds. The van der Waals surface area contributed by atoms with E-state index < -0.39 is 0 Å². The highest BCUT2D eigenvalue weighted by atomic mass is 32.1. The summed E-state index contributed by atoms with van der Waals surface area (Å²) in [4.78, 5) is 0. The van der Waals surface area contributed by atoms with Crippen molar-refractivity contribution in [3.8, 4) is 11.3 Å². The molecule has 0 aliphatic heterocycles. The highest BCUT2D eigenvalue weighted by molar-refractivity contribution is 7.08. The monoisotopic (exact) mass is 238 g/mol. The lowest BCUT2D eigenvalue weighted by Gasteiger charge is -1.99. The van der Waals surface area contributed by atoms with Crippen LogP contribution in [0, 0.1) is 0 Å². The molecule has 2 rings (SSSR count). The van der Waals surface area contributed by atoms with Crippen LogP contribution in [0.5, 0.6) is 0 Å². The molecule has 0 aliphatic rings. The van der Waals surface area contributed by atoms with Gasteiger partial charge in [-0.1, -0.05) is 5.16 Å². The maximum Gasteiger partial charge on any atom is 0.168 e. The summed E-state index contributed by atoms with van der Waals surface area (Å²) in [6.45, 7) is 2.23. The molecule has 1 N–H and O–H groups in total. The Kier molecular flexibility index (Phi) is 4.10. The standard InChI is InChI=1S/C11H14N2O2S/c1-14-4-3-12-7-10-6-11(15-13-10)9-2-5-16-8-9/h2,5-6,8,12H,3-4,7H2,1H3. The molecule has 5 heteroatoms. The van der Waals surface area contributed by atoms with Gasteiger partial charge in [-0.05, 0) is 11.4 Å². The summed E-state index contributed by atoms with van der Waals surface area (Å²) in [5.74, 6) is 0.824. The summed E-state index contributed by atoms with van der Waals surface area (Å²) in [6, 6.07) is 3.98. The predicted octanol–water partition coefficient (Wildman–Crippen LogP) is 2.14. The molecule has 0 bridgehead atoms. The minimum absolute atomic E-state index is 0.704. The Bertz CT molecular complexity index is 411. The Balaban J connectivity index is 1.88. The first-order valence-electron chi connectivity index (χ1n) is 5.08. The number of ether oxygens (including phenoxy) is 1. The van der Waals surface area contributed by atoms with Gasteiger partial charge in [-0.25, -0.2) is 0 Å². The molecular weight excluding hydrogens is 224 g/mol. The smallest absolute Gasteiger partial charge is 0.168 e. The molecule has 4 nitrogen and oxygen atoms in total. The average Bonchev–Trinajstić information content (AvgIpc) is 2.94. The van der Waals surface area contributed by atoms with Gasteiger partial charge in [0, 0.05) is 37.2 Å². The lowest BCUT2D eigenvalue weighted by molar-refractivity contribution is 0.199. The topological polar surface area (TPSA) is 47.3 Å². The third kappa shape index (κ3) is 2.91. The Morgan fingerprint density at radius 2 is 2.50 bits per heavy atom. The third-order valence-corrected chi connectivity index (χ3v) is 2.84. The van der Waals surface area contributed by atoms with E-state index in [0.29, 0.717) is 13.2 Å². The lowest BCUT2D eigenvalue weighted by Crippen LogP contribution is -2.18. The van der Waals surface area contributed by atoms with E-state index in [1.807, 2.05) is 22.9 Å². The molecule has 86 valence electrons. The third-order valence-electron chi connectivity index (χ3n) is 2.15. The van der Waals surface area contributed by atoms with Crippen molar-refractivity contribution in [2.45, 2.75) is 6.54 Å². The number of aromatic nitrogens is 1.